The highest BCUT2D eigenvalue weighted by Gasteiger charge is 2.28. The molecule has 1 fully saturated rings. The van der Waals surface area contributed by atoms with E-state index in [1.54, 1.807) is 11.3 Å². The van der Waals surface area contributed by atoms with Crippen molar-refractivity contribution in [2.45, 2.75) is 58.4 Å². The van der Waals surface area contributed by atoms with Crippen LogP contribution in [0.25, 0.3) is 0 Å². The second kappa shape index (κ2) is 9.48. The van der Waals surface area contributed by atoms with Crippen molar-refractivity contribution in [3.63, 3.8) is 0 Å². The highest BCUT2D eigenvalue weighted by molar-refractivity contribution is 7.09. The number of carbonyl (C=O) groups excluding carboxylic acids is 1. The number of rotatable bonds is 5. The summed E-state index contributed by atoms with van der Waals surface area (Å²) in [4.78, 5) is 19.3. The van der Waals surface area contributed by atoms with Gasteiger partial charge in [0.15, 0.2) is 0 Å². The largest absolute Gasteiger partial charge is 0.334 e. The van der Waals surface area contributed by atoms with Gasteiger partial charge in [0, 0.05) is 24.4 Å². The molecule has 126 valence electrons. The number of nitrogens with zero attached hydrogens (tertiary/aromatic N) is 2. The summed E-state index contributed by atoms with van der Waals surface area (Å²) in [7, 11) is 0. The zero-order valence-corrected chi connectivity index (χ0v) is 15.2. The summed E-state index contributed by atoms with van der Waals surface area (Å²) in [6, 6.07) is 0.375. The normalized spacial score (nSPS) is 18.9. The molecular formula is C16H28ClN3OS. The first kappa shape index (κ1) is 19.4. The van der Waals surface area contributed by atoms with E-state index in [0.29, 0.717) is 24.2 Å². The monoisotopic (exact) mass is 345 g/mol. The zero-order chi connectivity index (χ0) is 15.2. The Morgan fingerprint density at radius 1 is 1.45 bits per heavy atom. The number of nitrogens with two attached hydrogens (primary N) is 1. The molecule has 0 radical (unpaired) electrons. The van der Waals surface area contributed by atoms with Gasteiger partial charge in [-0.2, -0.15) is 0 Å². The number of likely N-dealkylation sites (tertiary alicyclic amines) is 1. The molecule has 0 aromatic carbocycles. The van der Waals surface area contributed by atoms with E-state index >= 15 is 0 Å². The molecule has 1 aromatic heterocycles. The minimum atomic E-state index is 0. The molecule has 4 nitrogen and oxygen atoms in total. The summed E-state index contributed by atoms with van der Waals surface area (Å²) in [6.45, 7) is 5.92. The van der Waals surface area contributed by atoms with Crippen molar-refractivity contribution in [3.05, 3.63) is 16.1 Å². The molecule has 0 saturated carbocycles. The van der Waals surface area contributed by atoms with Gasteiger partial charge in [0.2, 0.25) is 0 Å². The number of aromatic nitrogens is 1. The molecule has 0 spiro atoms. The number of hydrogen-bond donors (Lipinski definition) is 1. The molecule has 1 amide bonds. The molecule has 1 unspecified atom stereocenters. The number of carbonyl (C=O) groups is 1. The maximum absolute atomic E-state index is 12.8. The van der Waals surface area contributed by atoms with Crippen molar-refractivity contribution in [1.82, 2.24) is 9.88 Å². The van der Waals surface area contributed by atoms with Crippen LogP contribution in [0.4, 0.5) is 0 Å². The highest BCUT2D eigenvalue weighted by Crippen LogP contribution is 2.24. The van der Waals surface area contributed by atoms with E-state index in [9.17, 15) is 4.79 Å². The molecule has 1 aromatic rings. The van der Waals surface area contributed by atoms with E-state index in [1.165, 1.54) is 12.8 Å². The third-order valence-corrected chi connectivity index (χ3v) is 4.92. The SMILES string of the molecule is CC(C)CC1CCCCCN1C(=O)c1csc(CCN)n1.Cl. The van der Waals surface area contributed by atoms with E-state index in [0.717, 1.165) is 37.2 Å². The van der Waals surface area contributed by atoms with Crippen LogP contribution in [0, 0.1) is 5.92 Å². The molecule has 1 saturated heterocycles. The molecule has 6 heteroatoms. The Labute approximate surface area is 143 Å². The minimum absolute atomic E-state index is 0. The summed E-state index contributed by atoms with van der Waals surface area (Å²) in [5.41, 5.74) is 6.17. The Hall–Kier alpha value is -0.650. The maximum atomic E-state index is 12.8. The van der Waals surface area contributed by atoms with E-state index in [1.807, 2.05) is 5.38 Å². The van der Waals surface area contributed by atoms with Gasteiger partial charge < -0.3 is 10.6 Å². The van der Waals surface area contributed by atoms with Crippen molar-refractivity contribution in [2.24, 2.45) is 11.7 Å². The molecular weight excluding hydrogens is 318 g/mol. The van der Waals surface area contributed by atoms with Gasteiger partial charge in [0.05, 0.1) is 5.01 Å². The third-order valence-electron chi connectivity index (χ3n) is 4.01. The second-order valence-electron chi connectivity index (χ2n) is 6.30. The van der Waals surface area contributed by atoms with Crippen molar-refractivity contribution in [2.75, 3.05) is 13.1 Å². The lowest BCUT2D eigenvalue weighted by Gasteiger charge is -2.30. The van der Waals surface area contributed by atoms with E-state index in [4.69, 9.17) is 5.73 Å². The number of thiazole rings is 1. The third kappa shape index (κ3) is 5.21. The molecule has 1 aliphatic rings. The van der Waals surface area contributed by atoms with Crippen LogP contribution < -0.4 is 5.73 Å². The van der Waals surface area contributed by atoms with Gasteiger partial charge >= 0.3 is 0 Å². The lowest BCUT2D eigenvalue weighted by Crippen LogP contribution is -2.41. The first-order chi connectivity index (χ1) is 10.1. The minimum Gasteiger partial charge on any atom is -0.334 e. The van der Waals surface area contributed by atoms with Crippen molar-refractivity contribution < 1.29 is 4.79 Å². The van der Waals surface area contributed by atoms with Crippen LogP contribution in [-0.2, 0) is 6.42 Å². The Kier molecular flexibility index (Phi) is 8.36. The van der Waals surface area contributed by atoms with Crippen molar-refractivity contribution >= 4 is 29.7 Å². The predicted octanol–water partition coefficient (Wildman–Crippen LogP) is 3.50. The van der Waals surface area contributed by atoms with E-state index in [-0.39, 0.29) is 18.3 Å². The summed E-state index contributed by atoms with van der Waals surface area (Å²) >= 11 is 1.55. The highest BCUT2D eigenvalue weighted by atomic mass is 35.5. The smallest absolute Gasteiger partial charge is 0.273 e. The van der Waals surface area contributed by atoms with Gasteiger partial charge in [-0.05, 0) is 31.7 Å². The van der Waals surface area contributed by atoms with Gasteiger partial charge in [-0.15, -0.1) is 23.7 Å². The lowest BCUT2D eigenvalue weighted by atomic mass is 9.98. The second-order valence-corrected chi connectivity index (χ2v) is 7.24. The molecule has 2 heterocycles. The number of hydrogen-bond acceptors (Lipinski definition) is 4. The predicted molar refractivity (Wildman–Crippen MR) is 94.9 cm³/mol. The Balaban J connectivity index is 0.00000242. The molecule has 0 bridgehead atoms. The van der Waals surface area contributed by atoms with Gasteiger partial charge in [-0.3, -0.25) is 4.79 Å². The van der Waals surface area contributed by atoms with Crippen molar-refractivity contribution in [1.29, 1.82) is 0 Å². The summed E-state index contributed by atoms with van der Waals surface area (Å²) in [5, 5.41) is 2.86. The Morgan fingerprint density at radius 3 is 2.91 bits per heavy atom. The van der Waals surface area contributed by atoms with Gasteiger partial charge in [-0.25, -0.2) is 4.98 Å². The lowest BCUT2D eigenvalue weighted by molar-refractivity contribution is 0.0655. The molecule has 22 heavy (non-hydrogen) atoms. The van der Waals surface area contributed by atoms with Crippen LogP contribution in [0.2, 0.25) is 0 Å². The quantitative estimate of drug-likeness (QED) is 0.888. The first-order valence-corrected chi connectivity index (χ1v) is 8.95. The molecule has 1 atom stereocenters. The summed E-state index contributed by atoms with van der Waals surface area (Å²) < 4.78 is 0. The van der Waals surface area contributed by atoms with Crippen LogP contribution in [0.3, 0.4) is 0 Å². The van der Waals surface area contributed by atoms with Crippen LogP contribution in [0.5, 0.6) is 0 Å². The molecule has 2 N–H and O–H groups in total. The van der Waals surface area contributed by atoms with Crippen LogP contribution in [0.15, 0.2) is 5.38 Å². The Morgan fingerprint density at radius 2 is 2.23 bits per heavy atom. The zero-order valence-electron chi connectivity index (χ0n) is 13.6. The van der Waals surface area contributed by atoms with E-state index in [2.05, 4.69) is 23.7 Å². The number of halogens is 1. The van der Waals surface area contributed by atoms with Gasteiger partial charge in [0.25, 0.3) is 5.91 Å². The van der Waals surface area contributed by atoms with Crippen LogP contribution >= 0.6 is 23.7 Å². The maximum Gasteiger partial charge on any atom is 0.273 e. The topological polar surface area (TPSA) is 59.2 Å². The first-order valence-electron chi connectivity index (χ1n) is 8.07. The van der Waals surface area contributed by atoms with E-state index < -0.39 is 0 Å². The van der Waals surface area contributed by atoms with Crippen LogP contribution in [-0.4, -0.2) is 34.9 Å². The standard InChI is InChI=1S/C16H27N3OS.ClH/c1-12(2)10-13-6-4-3-5-9-19(13)16(20)14-11-21-15(18-14)7-8-17;/h11-13H,3-10,17H2,1-2H3;1H. The number of amides is 1. The van der Waals surface area contributed by atoms with Gasteiger partial charge in [0.1, 0.15) is 5.69 Å². The molecule has 0 aliphatic carbocycles. The summed E-state index contributed by atoms with van der Waals surface area (Å²) in [6.07, 6.45) is 6.55. The fourth-order valence-corrected chi connectivity index (χ4v) is 3.82. The molecule has 1 aliphatic heterocycles. The average molecular weight is 346 g/mol. The average Bonchev–Trinajstić information content (AvgIpc) is 2.78. The fraction of sp³-hybridized carbons (Fsp3) is 0.750. The molecule has 2 rings (SSSR count). The fourth-order valence-electron chi connectivity index (χ4n) is 3.03. The summed E-state index contributed by atoms with van der Waals surface area (Å²) in [5.74, 6) is 0.730. The van der Waals surface area contributed by atoms with Crippen molar-refractivity contribution in [3.8, 4) is 0 Å². The Bertz CT molecular complexity index is 464. The van der Waals surface area contributed by atoms with Gasteiger partial charge in [-0.1, -0.05) is 26.7 Å². The van der Waals surface area contributed by atoms with Crippen LogP contribution in [0.1, 0.15) is 61.4 Å².